The van der Waals surface area contributed by atoms with Crippen molar-refractivity contribution in [2.75, 3.05) is 12.3 Å². The minimum Gasteiger partial charge on any atom is -0.450 e. The van der Waals surface area contributed by atoms with Crippen molar-refractivity contribution in [2.24, 2.45) is 0 Å². The molecular weight excluding hydrogens is 428 g/mol. The molecule has 0 atom stereocenters. The number of alkyl carbamates (subject to hydrolysis) is 1. The van der Waals surface area contributed by atoms with Crippen molar-refractivity contribution in [2.45, 2.75) is 25.9 Å². The van der Waals surface area contributed by atoms with Gasteiger partial charge in [-0.25, -0.2) is 9.78 Å². The number of unbranched alkanes of at least 4 members (excludes halogenated alkanes) is 1. The number of hydrogen-bond acceptors (Lipinski definition) is 6. The molecule has 0 saturated heterocycles. The topological polar surface area (TPSA) is 108 Å². The van der Waals surface area contributed by atoms with E-state index in [1.165, 1.54) is 0 Å². The van der Waals surface area contributed by atoms with Crippen molar-refractivity contribution in [1.82, 2.24) is 24.8 Å². The van der Waals surface area contributed by atoms with Crippen LogP contribution in [-0.4, -0.2) is 32.2 Å². The summed E-state index contributed by atoms with van der Waals surface area (Å²) in [5.74, 6) is 0.257. The first-order valence-electron chi connectivity index (χ1n) is 10.3. The van der Waals surface area contributed by atoms with E-state index in [0.717, 1.165) is 23.1 Å². The lowest BCUT2D eigenvalue weighted by Gasteiger charge is -2.09. The number of nitrogens with zero attached hydrogens (tertiary/aromatic N) is 4. The van der Waals surface area contributed by atoms with Gasteiger partial charge in [-0.15, -0.1) is 0 Å². The second-order valence-corrected chi connectivity index (χ2v) is 7.59. The number of nitrogens with two attached hydrogens (primary N) is 1. The summed E-state index contributed by atoms with van der Waals surface area (Å²) in [6.07, 6.45) is 2.70. The van der Waals surface area contributed by atoms with Crippen LogP contribution in [0.5, 0.6) is 0 Å². The molecule has 2 aromatic carbocycles. The molecular formula is C23H23ClN6O2. The number of halogens is 1. The minimum absolute atomic E-state index is 0.0889. The number of carbonyl (C=O) groups excluding carboxylic acids is 1. The highest BCUT2D eigenvalue weighted by Crippen LogP contribution is 2.20. The fourth-order valence-corrected chi connectivity index (χ4v) is 3.54. The highest BCUT2D eigenvalue weighted by Gasteiger charge is 2.10. The van der Waals surface area contributed by atoms with Crippen LogP contribution < -0.4 is 11.1 Å². The number of ether oxygens (including phenoxy) is 1. The van der Waals surface area contributed by atoms with Crippen LogP contribution in [-0.2, 0) is 17.8 Å². The molecule has 164 valence electrons. The number of hydrogen-bond donors (Lipinski definition) is 2. The van der Waals surface area contributed by atoms with E-state index in [2.05, 4.69) is 44.5 Å². The fraction of sp³-hybridized carbons (Fsp3) is 0.217. The van der Waals surface area contributed by atoms with E-state index in [4.69, 9.17) is 22.1 Å². The molecule has 0 unspecified atom stereocenters. The summed E-state index contributed by atoms with van der Waals surface area (Å²) >= 11 is 5.88. The average molecular weight is 451 g/mol. The molecule has 0 fully saturated rings. The summed E-state index contributed by atoms with van der Waals surface area (Å²) < 4.78 is 7.14. The van der Waals surface area contributed by atoms with Gasteiger partial charge in [0.15, 0.2) is 11.5 Å². The summed E-state index contributed by atoms with van der Waals surface area (Å²) in [4.78, 5) is 24.3. The predicted molar refractivity (Wildman–Crippen MR) is 124 cm³/mol. The molecule has 0 aliphatic carbocycles. The fourth-order valence-electron chi connectivity index (χ4n) is 3.37. The molecule has 0 bridgehead atoms. The molecule has 2 heterocycles. The van der Waals surface area contributed by atoms with Gasteiger partial charge in [-0.05, 0) is 47.2 Å². The van der Waals surface area contributed by atoms with Crippen molar-refractivity contribution in [3.05, 3.63) is 71.8 Å². The molecule has 1 amide bonds. The Morgan fingerprint density at radius 1 is 1.06 bits per heavy atom. The van der Waals surface area contributed by atoms with E-state index in [1.807, 2.05) is 34.9 Å². The number of nitrogens with one attached hydrogen (secondary N) is 1. The number of imidazole rings is 1. The van der Waals surface area contributed by atoms with Gasteiger partial charge in [0.25, 0.3) is 0 Å². The highest BCUT2D eigenvalue weighted by molar-refractivity contribution is 6.28. The summed E-state index contributed by atoms with van der Waals surface area (Å²) in [6.45, 7) is 1.38. The number of benzene rings is 2. The maximum absolute atomic E-state index is 12.0. The number of aryl methyl sites for hydroxylation is 1. The summed E-state index contributed by atoms with van der Waals surface area (Å²) in [5, 5.41) is 2.89. The molecule has 3 N–H and O–H groups in total. The maximum atomic E-state index is 12.0. The van der Waals surface area contributed by atoms with E-state index in [1.54, 1.807) is 6.33 Å². The van der Waals surface area contributed by atoms with Crippen LogP contribution in [0.4, 0.5) is 10.6 Å². The second-order valence-electron chi connectivity index (χ2n) is 7.25. The number of rotatable bonds is 8. The normalized spacial score (nSPS) is 10.9. The Kier molecular flexibility index (Phi) is 6.81. The first kappa shape index (κ1) is 21.6. The predicted octanol–water partition coefficient (Wildman–Crippen LogP) is 4.44. The van der Waals surface area contributed by atoms with E-state index < -0.39 is 6.09 Å². The van der Waals surface area contributed by atoms with Crippen LogP contribution in [0.3, 0.4) is 0 Å². The first-order chi connectivity index (χ1) is 15.6. The summed E-state index contributed by atoms with van der Waals surface area (Å²) in [7, 11) is 0. The van der Waals surface area contributed by atoms with E-state index in [-0.39, 0.29) is 11.1 Å². The van der Waals surface area contributed by atoms with Gasteiger partial charge in [0.1, 0.15) is 5.52 Å². The van der Waals surface area contributed by atoms with Crippen molar-refractivity contribution in [1.29, 1.82) is 0 Å². The van der Waals surface area contributed by atoms with Gasteiger partial charge in [-0.1, -0.05) is 48.5 Å². The lowest BCUT2D eigenvalue weighted by molar-refractivity contribution is 0.143. The van der Waals surface area contributed by atoms with Gasteiger partial charge in [0.2, 0.25) is 5.28 Å². The van der Waals surface area contributed by atoms with E-state index in [9.17, 15) is 4.79 Å². The molecule has 4 aromatic rings. The third-order valence-corrected chi connectivity index (χ3v) is 5.13. The Morgan fingerprint density at radius 2 is 1.88 bits per heavy atom. The zero-order valence-corrected chi connectivity index (χ0v) is 18.1. The first-order valence-corrected chi connectivity index (χ1v) is 10.7. The molecule has 0 aliphatic heterocycles. The molecule has 0 saturated carbocycles. The van der Waals surface area contributed by atoms with Gasteiger partial charge in [0.05, 0.1) is 12.9 Å². The Morgan fingerprint density at radius 3 is 2.72 bits per heavy atom. The van der Waals surface area contributed by atoms with Crippen molar-refractivity contribution in [3.63, 3.8) is 0 Å². The zero-order valence-electron chi connectivity index (χ0n) is 17.4. The van der Waals surface area contributed by atoms with Gasteiger partial charge in [-0.3, -0.25) is 0 Å². The Balaban J connectivity index is 1.20. The molecule has 0 aliphatic rings. The van der Waals surface area contributed by atoms with Crippen LogP contribution in [0.15, 0.2) is 60.9 Å². The van der Waals surface area contributed by atoms with Crippen molar-refractivity contribution in [3.8, 4) is 11.1 Å². The number of amides is 1. The zero-order chi connectivity index (χ0) is 22.3. The SMILES string of the molecule is Nc1nc(Cl)nc2c1ncn2CCCCOC(=O)NCc1cccc(-c2ccccc2)c1. The van der Waals surface area contributed by atoms with Crippen LogP contribution in [0.1, 0.15) is 18.4 Å². The van der Waals surface area contributed by atoms with E-state index >= 15 is 0 Å². The van der Waals surface area contributed by atoms with Crippen LogP contribution in [0.25, 0.3) is 22.3 Å². The monoisotopic (exact) mass is 450 g/mol. The molecule has 4 rings (SSSR count). The van der Waals surface area contributed by atoms with Gasteiger partial charge < -0.3 is 20.4 Å². The molecule has 9 heteroatoms. The number of aromatic nitrogens is 4. The standard InChI is InChI=1S/C23H23ClN6O2/c24-22-28-20(25)19-21(29-22)30(15-27-19)11-4-5-12-32-23(31)26-14-16-7-6-10-18(13-16)17-8-2-1-3-9-17/h1-3,6-10,13,15H,4-5,11-12,14H2,(H,26,31)(H2,25,28,29). The molecule has 8 nitrogen and oxygen atoms in total. The van der Waals surface area contributed by atoms with Crippen LogP contribution in [0.2, 0.25) is 5.28 Å². The maximum Gasteiger partial charge on any atom is 0.407 e. The number of nitrogen functional groups attached to an aromatic ring is 1. The molecule has 0 spiro atoms. The summed E-state index contributed by atoms with van der Waals surface area (Å²) in [5.41, 5.74) is 10.2. The van der Waals surface area contributed by atoms with Gasteiger partial charge in [0, 0.05) is 13.1 Å². The minimum atomic E-state index is -0.435. The average Bonchev–Trinajstić information content (AvgIpc) is 3.21. The van der Waals surface area contributed by atoms with Gasteiger partial charge in [-0.2, -0.15) is 9.97 Å². The quantitative estimate of drug-likeness (QED) is 0.303. The van der Waals surface area contributed by atoms with Crippen LogP contribution >= 0.6 is 11.6 Å². The second kappa shape index (κ2) is 10.1. The lowest BCUT2D eigenvalue weighted by atomic mass is 10.0. The number of carbonyl (C=O) groups is 1. The van der Waals surface area contributed by atoms with Crippen LogP contribution in [0, 0.1) is 0 Å². The third kappa shape index (κ3) is 5.33. The Hall–Kier alpha value is -3.65. The smallest absolute Gasteiger partial charge is 0.407 e. The molecule has 2 aromatic heterocycles. The van der Waals surface area contributed by atoms with E-state index in [0.29, 0.717) is 37.3 Å². The molecule has 32 heavy (non-hydrogen) atoms. The number of anilines is 1. The lowest BCUT2D eigenvalue weighted by Crippen LogP contribution is -2.24. The largest absolute Gasteiger partial charge is 0.450 e. The Bertz CT molecular complexity index is 1210. The third-order valence-electron chi connectivity index (χ3n) is 4.96. The molecule has 0 radical (unpaired) electrons. The number of fused-ring (bicyclic) bond motifs is 1. The Labute approximate surface area is 190 Å². The highest BCUT2D eigenvalue weighted by atomic mass is 35.5. The van der Waals surface area contributed by atoms with Crippen molar-refractivity contribution >= 4 is 34.7 Å². The van der Waals surface area contributed by atoms with Gasteiger partial charge >= 0.3 is 6.09 Å². The summed E-state index contributed by atoms with van der Waals surface area (Å²) in [6, 6.07) is 18.2. The van der Waals surface area contributed by atoms with Crippen molar-refractivity contribution < 1.29 is 9.53 Å².